The minimum atomic E-state index is -0.772. The molecule has 112 valence electrons. The quantitative estimate of drug-likeness (QED) is 0.664. The normalized spacial score (nSPS) is 13.5. The van der Waals surface area contributed by atoms with Gasteiger partial charge in [-0.25, -0.2) is 0 Å². The molecule has 1 rings (SSSR count). The fourth-order valence-electron chi connectivity index (χ4n) is 2.07. The van der Waals surface area contributed by atoms with Gasteiger partial charge in [0.1, 0.15) is 4.99 Å². The molecule has 0 aromatic heterocycles. The van der Waals surface area contributed by atoms with Gasteiger partial charge in [-0.05, 0) is 26.0 Å². The van der Waals surface area contributed by atoms with Crippen LogP contribution in [0.4, 0.5) is 0 Å². The number of nitrogens with zero attached hydrogens (tertiary/aromatic N) is 1. The summed E-state index contributed by atoms with van der Waals surface area (Å²) < 4.78 is 0. The van der Waals surface area contributed by atoms with E-state index < -0.39 is 11.7 Å². The highest BCUT2D eigenvalue weighted by Crippen LogP contribution is 2.16. The average molecular weight is 296 g/mol. The molecule has 0 heterocycles. The van der Waals surface area contributed by atoms with E-state index in [0.717, 1.165) is 17.7 Å². The molecular formula is C15H24N2O2S. The molecule has 1 aromatic carbocycles. The zero-order chi connectivity index (χ0) is 15.3. The Bertz CT molecular complexity index is 440. The van der Waals surface area contributed by atoms with E-state index in [-0.39, 0.29) is 0 Å². The van der Waals surface area contributed by atoms with Gasteiger partial charge in [-0.15, -0.1) is 0 Å². The third-order valence-corrected chi connectivity index (χ3v) is 3.30. The van der Waals surface area contributed by atoms with Gasteiger partial charge in [0.25, 0.3) is 0 Å². The van der Waals surface area contributed by atoms with Crippen molar-refractivity contribution in [2.45, 2.75) is 32.5 Å². The second kappa shape index (κ2) is 7.13. The van der Waals surface area contributed by atoms with Gasteiger partial charge in [-0.3, -0.25) is 4.90 Å². The van der Waals surface area contributed by atoms with Crippen LogP contribution in [0.1, 0.15) is 38.0 Å². The molecule has 1 unspecified atom stereocenters. The molecule has 0 amide bonds. The number of aliphatic hydroxyl groups is 2. The van der Waals surface area contributed by atoms with Crippen molar-refractivity contribution < 1.29 is 10.2 Å². The van der Waals surface area contributed by atoms with Gasteiger partial charge in [0.05, 0.1) is 11.7 Å². The second-order valence-electron chi connectivity index (χ2n) is 5.64. The molecular weight excluding hydrogens is 272 g/mol. The Kier molecular flexibility index (Phi) is 6.07. The van der Waals surface area contributed by atoms with Crippen LogP contribution in [0.15, 0.2) is 24.3 Å². The maximum absolute atomic E-state index is 10.3. The molecule has 0 spiro atoms. The highest BCUT2D eigenvalue weighted by molar-refractivity contribution is 7.80. The van der Waals surface area contributed by atoms with E-state index >= 15 is 0 Å². The van der Waals surface area contributed by atoms with Crippen LogP contribution >= 0.6 is 12.2 Å². The van der Waals surface area contributed by atoms with E-state index in [2.05, 4.69) is 0 Å². The van der Waals surface area contributed by atoms with Crippen LogP contribution in [0.3, 0.4) is 0 Å². The predicted octanol–water partition coefficient (Wildman–Crippen LogP) is 1.45. The lowest BCUT2D eigenvalue weighted by molar-refractivity contribution is 0.0203. The molecule has 0 bridgehead atoms. The van der Waals surface area contributed by atoms with Crippen LogP contribution in [0, 0.1) is 0 Å². The molecule has 0 radical (unpaired) electrons. The summed E-state index contributed by atoms with van der Waals surface area (Å²) in [6.45, 7) is 7.30. The number of likely N-dealkylation sites (N-methyl/N-ethyl adjacent to an activating group) is 1. The van der Waals surface area contributed by atoms with E-state index in [1.54, 1.807) is 13.8 Å². The van der Waals surface area contributed by atoms with Crippen LogP contribution in [-0.2, 0) is 0 Å². The van der Waals surface area contributed by atoms with Crippen molar-refractivity contribution in [3.05, 3.63) is 35.4 Å². The van der Waals surface area contributed by atoms with Crippen molar-refractivity contribution in [2.75, 3.05) is 19.6 Å². The second-order valence-corrected chi connectivity index (χ2v) is 6.08. The smallest absolute Gasteiger partial charge is 0.103 e. The maximum Gasteiger partial charge on any atom is 0.103 e. The summed E-state index contributed by atoms with van der Waals surface area (Å²) in [5.74, 6) is 0. The van der Waals surface area contributed by atoms with Gasteiger partial charge >= 0.3 is 0 Å². The maximum atomic E-state index is 10.3. The van der Waals surface area contributed by atoms with Gasteiger partial charge in [0, 0.05) is 18.7 Å². The minimum absolute atomic E-state index is 0.350. The molecule has 1 aromatic rings. The Morgan fingerprint density at radius 1 is 1.35 bits per heavy atom. The summed E-state index contributed by atoms with van der Waals surface area (Å²) in [4.78, 5) is 2.37. The third-order valence-electron chi connectivity index (χ3n) is 3.07. The Balaban J connectivity index is 2.69. The molecule has 4 N–H and O–H groups in total. The summed E-state index contributed by atoms with van der Waals surface area (Å²) >= 11 is 4.90. The number of benzene rings is 1. The lowest BCUT2D eigenvalue weighted by Gasteiger charge is -2.29. The molecule has 20 heavy (non-hydrogen) atoms. The molecule has 0 aliphatic carbocycles. The van der Waals surface area contributed by atoms with Crippen LogP contribution in [0.2, 0.25) is 0 Å². The van der Waals surface area contributed by atoms with Crippen LogP contribution in [-0.4, -0.2) is 45.3 Å². The Hall–Kier alpha value is -1.01. The monoisotopic (exact) mass is 296 g/mol. The SMILES string of the molecule is CCN(CC(O)c1ccc(C(N)=S)cc1)CC(C)(C)O. The Morgan fingerprint density at radius 3 is 2.30 bits per heavy atom. The zero-order valence-corrected chi connectivity index (χ0v) is 13.2. The van der Waals surface area contributed by atoms with Crippen molar-refractivity contribution in [2.24, 2.45) is 5.73 Å². The van der Waals surface area contributed by atoms with Crippen molar-refractivity contribution in [3.63, 3.8) is 0 Å². The number of hydrogen-bond donors (Lipinski definition) is 3. The molecule has 0 aliphatic heterocycles. The number of aliphatic hydroxyl groups excluding tert-OH is 1. The largest absolute Gasteiger partial charge is 0.389 e. The fraction of sp³-hybridized carbons (Fsp3) is 0.533. The molecule has 0 saturated carbocycles. The lowest BCUT2D eigenvalue weighted by atomic mass is 10.1. The van der Waals surface area contributed by atoms with Crippen LogP contribution in [0.5, 0.6) is 0 Å². The van der Waals surface area contributed by atoms with Crippen molar-refractivity contribution >= 4 is 17.2 Å². The fourth-order valence-corrected chi connectivity index (χ4v) is 2.21. The Morgan fingerprint density at radius 2 is 1.90 bits per heavy atom. The topological polar surface area (TPSA) is 69.7 Å². The van der Waals surface area contributed by atoms with E-state index in [0.29, 0.717) is 18.1 Å². The van der Waals surface area contributed by atoms with Crippen LogP contribution < -0.4 is 5.73 Å². The lowest BCUT2D eigenvalue weighted by Crippen LogP contribution is -2.40. The first kappa shape index (κ1) is 17.0. The van der Waals surface area contributed by atoms with Crippen molar-refractivity contribution in [1.29, 1.82) is 0 Å². The summed E-state index contributed by atoms with van der Waals surface area (Å²) in [5.41, 5.74) is 6.38. The summed E-state index contributed by atoms with van der Waals surface area (Å²) in [7, 11) is 0. The first-order valence-electron chi connectivity index (χ1n) is 6.75. The highest BCUT2D eigenvalue weighted by atomic mass is 32.1. The standard InChI is InChI=1S/C15H24N2O2S/c1-4-17(10-15(2,3)19)9-13(18)11-5-7-12(8-6-11)14(16)20/h5-8,13,18-19H,4,9-10H2,1-3H3,(H2,16,20). The molecule has 5 heteroatoms. The van der Waals surface area contributed by atoms with Crippen molar-refractivity contribution in [1.82, 2.24) is 4.90 Å². The number of thiocarbonyl (C=S) groups is 1. The van der Waals surface area contributed by atoms with Crippen LogP contribution in [0.25, 0.3) is 0 Å². The van der Waals surface area contributed by atoms with Gasteiger partial charge in [0.2, 0.25) is 0 Å². The number of hydrogen-bond acceptors (Lipinski definition) is 4. The zero-order valence-electron chi connectivity index (χ0n) is 12.3. The summed E-state index contributed by atoms with van der Waals surface area (Å²) in [5, 5.41) is 20.1. The first-order chi connectivity index (χ1) is 9.23. The van der Waals surface area contributed by atoms with Gasteiger partial charge in [0.15, 0.2) is 0 Å². The molecule has 0 aliphatic rings. The van der Waals surface area contributed by atoms with Gasteiger partial charge in [-0.1, -0.05) is 43.4 Å². The summed E-state index contributed by atoms with van der Waals surface area (Å²) in [6.07, 6.45) is -0.599. The Labute approximate surface area is 126 Å². The van der Waals surface area contributed by atoms with Gasteiger partial charge < -0.3 is 15.9 Å². The van der Waals surface area contributed by atoms with E-state index in [1.807, 2.05) is 36.1 Å². The predicted molar refractivity (Wildman–Crippen MR) is 85.7 cm³/mol. The van der Waals surface area contributed by atoms with E-state index in [4.69, 9.17) is 18.0 Å². The number of rotatable bonds is 7. The molecule has 0 fully saturated rings. The molecule has 1 atom stereocenters. The average Bonchev–Trinajstić information content (AvgIpc) is 2.36. The van der Waals surface area contributed by atoms with Crippen molar-refractivity contribution in [3.8, 4) is 0 Å². The molecule has 0 saturated heterocycles. The first-order valence-corrected chi connectivity index (χ1v) is 7.16. The van der Waals surface area contributed by atoms with E-state index in [1.165, 1.54) is 0 Å². The van der Waals surface area contributed by atoms with Gasteiger partial charge in [-0.2, -0.15) is 0 Å². The third kappa shape index (κ3) is 5.54. The van der Waals surface area contributed by atoms with E-state index in [9.17, 15) is 10.2 Å². The summed E-state index contributed by atoms with van der Waals surface area (Å²) in [6, 6.07) is 7.29. The minimum Gasteiger partial charge on any atom is -0.389 e. The molecule has 4 nitrogen and oxygen atoms in total. The highest BCUT2D eigenvalue weighted by Gasteiger charge is 2.20. The number of nitrogens with two attached hydrogens (primary N) is 1.